The first kappa shape index (κ1) is 36.0. The minimum absolute atomic E-state index is 0.935. The van der Waals surface area contributed by atoms with Crippen LogP contribution in [-0.4, -0.2) is 9.13 Å². The lowest BCUT2D eigenvalue weighted by Gasteiger charge is -2.16. The molecule has 0 unspecified atom stereocenters. The van der Waals surface area contributed by atoms with E-state index in [1.165, 1.54) is 71.5 Å². The summed E-state index contributed by atoms with van der Waals surface area (Å²) in [4.78, 5) is 0. The quantitative estimate of drug-likeness (QED) is 0.123. The highest BCUT2D eigenvalue weighted by molar-refractivity contribution is 6.29. The summed E-state index contributed by atoms with van der Waals surface area (Å²) in [5.74, 6) is 0. The van der Waals surface area contributed by atoms with E-state index in [1.807, 2.05) is 6.08 Å². The third-order valence-electron chi connectivity index (χ3n) is 11.8. The molecule has 0 saturated heterocycles. The number of para-hydroxylation sites is 2. The third kappa shape index (κ3) is 6.22. The summed E-state index contributed by atoms with van der Waals surface area (Å²) in [5, 5.41) is 4.90. The Bertz CT molecular complexity index is 3210. The highest BCUT2D eigenvalue weighted by atomic mass is 15.0. The van der Waals surface area contributed by atoms with Crippen molar-refractivity contribution in [1.82, 2.24) is 9.13 Å². The average molecular weight is 757 g/mol. The number of aromatic nitrogens is 2. The van der Waals surface area contributed by atoms with E-state index in [0.717, 1.165) is 46.4 Å². The molecule has 2 aromatic heterocycles. The summed E-state index contributed by atoms with van der Waals surface area (Å²) in [6, 6.07) is 68.3. The normalized spacial score (nSPS) is 11.8. The molecule has 0 N–H and O–H groups in total. The molecule has 2 nitrogen and oxygen atoms in total. The van der Waals surface area contributed by atoms with Gasteiger partial charge >= 0.3 is 0 Å². The van der Waals surface area contributed by atoms with Crippen molar-refractivity contribution < 1.29 is 0 Å². The third-order valence-corrected chi connectivity index (χ3v) is 11.8. The summed E-state index contributed by atoms with van der Waals surface area (Å²) in [5.41, 5.74) is 17.5. The molecule has 0 aliphatic carbocycles. The molecule has 282 valence electrons. The van der Waals surface area contributed by atoms with Gasteiger partial charge in [-0.2, -0.15) is 0 Å². The fraction of sp³-hybridized carbons (Fsp3) is 0.0526. The Morgan fingerprint density at radius 3 is 1.76 bits per heavy atom. The maximum atomic E-state index is 4.69. The van der Waals surface area contributed by atoms with Crippen molar-refractivity contribution in [2.75, 3.05) is 0 Å². The molecule has 0 fully saturated rings. The van der Waals surface area contributed by atoms with Crippen LogP contribution in [0, 0.1) is 0 Å². The Kier molecular flexibility index (Phi) is 9.24. The molecule has 0 atom stereocenters. The van der Waals surface area contributed by atoms with Gasteiger partial charge in [-0.3, -0.25) is 0 Å². The van der Waals surface area contributed by atoms with Crippen LogP contribution in [0.5, 0.6) is 0 Å². The van der Waals surface area contributed by atoms with E-state index in [0.29, 0.717) is 0 Å². The van der Waals surface area contributed by atoms with Gasteiger partial charge in [-0.05, 0) is 99.0 Å². The van der Waals surface area contributed by atoms with Crippen LogP contribution < -0.4 is 0 Å². The number of nitrogens with zero attached hydrogens (tertiary/aromatic N) is 2. The molecule has 0 spiro atoms. The van der Waals surface area contributed by atoms with Crippen LogP contribution in [0.15, 0.2) is 213 Å². The Morgan fingerprint density at radius 2 is 1.07 bits per heavy atom. The van der Waals surface area contributed by atoms with Crippen molar-refractivity contribution in [3.8, 4) is 39.1 Å². The summed E-state index contributed by atoms with van der Waals surface area (Å²) >= 11 is 0. The standard InChI is InChI=1S/C57H44N2/c1-4-16-40-26-35-47(50(38-40)44-20-10-7-11-21-44)45-31-33-46(34-32-45)58-52-24-14-12-22-48(52)56-54(58)36-37-55-57(56)49-23-13-15-25-53(49)59(55)51(17-5-2)39(3)41-27-29-43(30-28-41)42-18-8-6-9-19-42/h5-15,17-38H,2-4,16H2,1H3/b51-17+. The van der Waals surface area contributed by atoms with E-state index in [2.05, 4.69) is 217 Å². The van der Waals surface area contributed by atoms with Crippen molar-refractivity contribution in [1.29, 1.82) is 0 Å². The van der Waals surface area contributed by atoms with Gasteiger partial charge in [0.05, 0.1) is 27.8 Å². The van der Waals surface area contributed by atoms with Gasteiger partial charge in [0, 0.05) is 27.2 Å². The molecular formula is C57H44N2. The van der Waals surface area contributed by atoms with E-state index in [9.17, 15) is 0 Å². The predicted molar refractivity (Wildman–Crippen MR) is 254 cm³/mol. The molecule has 10 rings (SSSR count). The van der Waals surface area contributed by atoms with Gasteiger partial charge < -0.3 is 9.13 Å². The van der Waals surface area contributed by atoms with Gasteiger partial charge in [0.15, 0.2) is 0 Å². The first-order chi connectivity index (χ1) is 29.1. The van der Waals surface area contributed by atoms with Gasteiger partial charge in [-0.25, -0.2) is 0 Å². The summed E-state index contributed by atoms with van der Waals surface area (Å²) in [7, 11) is 0. The molecule has 8 aromatic carbocycles. The number of fused-ring (bicyclic) bond motifs is 7. The zero-order valence-corrected chi connectivity index (χ0v) is 33.3. The Hall–Kier alpha value is -7.42. The van der Waals surface area contributed by atoms with Gasteiger partial charge in [0.2, 0.25) is 0 Å². The van der Waals surface area contributed by atoms with Crippen LogP contribution >= 0.6 is 0 Å². The molecule has 0 amide bonds. The zero-order chi connectivity index (χ0) is 39.9. The predicted octanol–water partition coefficient (Wildman–Crippen LogP) is 15.6. The number of hydrogen-bond donors (Lipinski definition) is 0. The first-order valence-electron chi connectivity index (χ1n) is 20.6. The molecule has 0 aliphatic heterocycles. The minimum Gasteiger partial charge on any atom is -0.309 e. The first-order valence-corrected chi connectivity index (χ1v) is 20.6. The number of allylic oxidation sites excluding steroid dienone is 4. The molecule has 0 bridgehead atoms. The molecular weight excluding hydrogens is 713 g/mol. The minimum atomic E-state index is 0.935. The highest BCUT2D eigenvalue weighted by Crippen LogP contribution is 2.44. The Morgan fingerprint density at radius 1 is 0.508 bits per heavy atom. The SMILES string of the molecule is C=C/C=C(\C(=C)c1ccc(-c2ccccc2)cc1)n1c2ccccc2c2c3c4ccccc4n(-c4ccc(-c5ccc(CCC)cc5-c5ccccc5)cc4)c3ccc21. The van der Waals surface area contributed by atoms with Crippen molar-refractivity contribution >= 4 is 54.9 Å². The van der Waals surface area contributed by atoms with E-state index in [1.54, 1.807) is 0 Å². The second-order valence-electron chi connectivity index (χ2n) is 15.3. The lowest BCUT2D eigenvalue weighted by molar-refractivity contribution is 0.922. The second kappa shape index (κ2) is 15.2. The maximum absolute atomic E-state index is 4.69. The lowest BCUT2D eigenvalue weighted by Crippen LogP contribution is -2.00. The zero-order valence-electron chi connectivity index (χ0n) is 33.3. The van der Waals surface area contributed by atoms with E-state index < -0.39 is 0 Å². The molecule has 0 saturated carbocycles. The molecule has 0 radical (unpaired) electrons. The Labute approximate surface area is 345 Å². The smallest absolute Gasteiger partial charge is 0.0549 e. The summed E-state index contributed by atoms with van der Waals surface area (Å²) in [6.45, 7) is 11.1. The average Bonchev–Trinajstić information content (AvgIpc) is 3.81. The van der Waals surface area contributed by atoms with Crippen LogP contribution in [0.3, 0.4) is 0 Å². The van der Waals surface area contributed by atoms with Crippen LogP contribution in [0.4, 0.5) is 0 Å². The van der Waals surface area contributed by atoms with Gasteiger partial charge in [-0.15, -0.1) is 0 Å². The van der Waals surface area contributed by atoms with Gasteiger partial charge in [0.1, 0.15) is 0 Å². The largest absolute Gasteiger partial charge is 0.309 e. The molecule has 2 heteroatoms. The van der Waals surface area contributed by atoms with Crippen molar-refractivity contribution in [3.05, 3.63) is 224 Å². The number of aryl methyl sites for hydroxylation is 1. The van der Waals surface area contributed by atoms with E-state index >= 15 is 0 Å². The fourth-order valence-corrected chi connectivity index (χ4v) is 9.05. The summed E-state index contributed by atoms with van der Waals surface area (Å²) < 4.78 is 4.80. The van der Waals surface area contributed by atoms with Crippen molar-refractivity contribution in [3.63, 3.8) is 0 Å². The molecule has 59 heavy (non-hydrogen) atoms. The van der Waals surface area contributed by atoms with Crippen molar-refractivity contribution in [2.45, 2.75) is 19.8 Å². The molecule has 2 heterocycles. The summed E-state index contributed by atoms with van der Waals surface area (Å²) in [6.07, 6.45) is 6.16. The van der Waals surface area contributed by atoms with Crippen molar-refractivity contribution in [2.24, 2.45) is 0 Å². The number of rotatable bonds is 10. The fourth-order valence-electron chi connectivity index (χ4n) is 9.05. The second-order valence-corrected chi connectivity index (χ2v) is 15.3. The highest BCUT2D eigenvalue weighted by Gasteiger charge is 2.22. The van der Waals surface area contributed by atoms with Crippen LogP contribution in [0.2, 0.25) is 0 Å². The number of hydrogen-bond acceptors (Lipinski definition) is 0. The molecule has 0 aliphatic rings. The van der Waals surface area contributed by atoms with Gasteiger partial charge in [-0.1, -0.05) is 184 Å². The maximum Gasteiger partial charge on any atom is 0.0549 e. The van der Waals surface area contributed by atoms with Crippen LogP contribution in [-0.2, 0) is 6.42 Å². The van der Waals surface area contributed by atoms with Crippen LogP contribution in [0.1, 0.15) is 24.5 Å². The molecule has 10 aromatic rings. The van der Waals surface area contributed by atoms with Gasteiger partial charge in [0.25, 0.3) is 0 Å². The van der Waals surface area contributed by atoms with Crippen LogP contribution in [0.25, 0.3) is 93.9 Å². The topological polar surface area (TPSA) is 9.86 Å². The monoisotopic (exact) mass is 756 g/mol. The van der Waals surface area contributed by atoms with E-state index in [-0.39, 0.29) is 0 Å². The number of benzene rings is 8. The Balaban J connectivity index is 1.12. The van der Waals surface area contributed by atoms with E-state index in [4.69, 9.17) is 6.58 Å². The lowest BCUT2D eigenvalue weighted by atomic mass is 9.92.